The first-order valence-electron chi connectivity index (χ1n) is 18.8. The Balaban J connectivity index is 1.20. The predicted octanol–water partition coefficient (Wildman–Crippen LogP) is 8.96. The molecular weight excluding hydrogens is 625 g/mol. The summed E-state index contributed by atoms with van der Waals surface area (Å²) in [5, 5.41) is 6.34. The molecule has 1 N–H and O–H groups in total. The molecule has 3 heterocycles. The second-order valence-electron chi connectivity index (χ2n) is 16.0. The Kier molecular flexibility index (Phi) is 10.1. The zero-order valence-electron chi connectivity index (χ0n) is 29.9. The third-order valence-corrected chi connectivity index (χ3v) is 12.7. The van der Waals surface area contributed by atoms with Crippen LogP contribution in [0.1, 0.15) is 123 Å². The fourth-order valence-corrected chi connectivity index (χ4v) is 10.5. The lowest BCUT2D eigenvalue weighted by Gasteiger charge is -2.48. The molecule has 7 heteroatoms. The fraction of sp³-hybridized carbons (Fsp3) is 0.571. The Labute approximate surface area is 298 Å². The molecule has 5 atom stereocenters. The van der Waals surface area contributed by atoms with E-state index in [1.54, 1.807) is 0 Å². The summed E-state index contributed by atoms with van der Waals surface area (Å²) in [6, 6.07) is 15.8. The van der Waals surface area contributed by atoms with Crippen molar-refractivity contribution in [3.63, 3.8) is 0 Å². The van der Waals surface area contributed by atoms with Crippen molar-refractivity contribution in [2.45, 2.75) is 115 Å². The van der Waals surface area contributed by atoms with E-state index in [4.69, 9.17) is 11.2 Å². The number of nitrogens with zero attached hydrogens (tertiary/aromatic N) is 3. The summed E-state index contributed by atoms with van der Waals surface area (Å²) in [6.45, 7) is 8.92. The highest BCUT2D eigenvalue weighted by atomic mass is 32.1. The Morgan fingerprint density at radius 3 is 2.57 bits per heavy atom. The topological polar surface area (TPSA) is 57.7 Å². The first-order valence-corrected chi connectivity index (χ1v) is 19.7. The van der Waals surface area contributed by atoms with Crippen LogP contribution in [0, 0.1) is 30.1 Å². The van der Waals surface area contributed by atoms with Gasteiger partial charge in [-0.2, -0.15) is 0 Å². The van der Waals surface area contributed by atoms with Gasteiger partial charge in [0.1, 0.15) is 18.1 Å². The van der Waals surface area contributed by atoms with Crippen LogP contribution in [0.5, 0.6) is 5.75 Å². The maximum atomic E-state index is 14.5. The lowest BCUT2D eigenvalue weighted by Crippen LogP contribution is -2.48. The zero-order chi connectivity index (χ0) is 34.1. The average molecular weight is 679 g/mol. The summed E-state index contributed by atoms with van der Waals surface area (Å²) >= 11 is 1.36. The molecule has 5 unspecified atom stereocenters. The van der Waals surface area contributed by atoms with Crippen molar-refractivity contribution in [3.05, 3.63) is 75.2 Å². The monoisotopic (exact) mass is 678 g/mol. The molecule has 3 aromatic rings. The van der Waals surface area contributed by atoms with Crippen LogP contribution in [0.4, 0.5) is 5.69 Å². The molecule has 0 spiro atoms. The standard InChI is InChI=1S/C42H54N4O2S/c1-6-8-10-34-22-32-23-36(48-26-35-11-9-18-45(35)5)16-17-37(32)40(46(34)41(47)38-27-49-39(7-2)43-38)31-12-14-33(15-13-31)44-42(4)24-29-19-28(3)20-30(21-29)25-42/h2,12-17,23,27-30,34-35,40,44H,6,8-11,18-22,24-26H2,1,3-5H3. The van der Waals surface area contributed by atoms with Crippen LogP contribution in [0.2, 0.25) is 0 Å². The van der Waals surface area contributed by atoms with Crippen LogP contribution >= 0.6 is 11.3 Å². The van der Waals surface area contributed by atoms with Gasteiger partial charge in [0.25, 0.3) is 5.91 Å². The van der Waals surface area contributed by atoms with Gasteiger partial charge in [-0.25, -0.2) is 4.98 Å². The number of likely N-dealkylation sites (tertiary alicyclic amines) is 1. The maximum Gasteiger partial charge on any atom is 0.274 e. The molecule has 2 saturated carbocycles. The van der Waals surface area contributed by atoms with Crippen LogP contribution in [0.25, 0.3) is 0 Å². The largest absolute Gasteiger partial charge is 0.492 e. The first-order chi connectivity index (χ1) is 23.7. The van der Waals surface area contributed by atoms with E-state index in [0.29, 0.717) is 23.4 Å². The molecular formula is C42H54N4O2S. The van der Waals surface area contributed by atoms with Crippen LogP contribution in [-0.2, 0) is 6.42 Å². The number of carbonyl (C=O) groups is 1. The van der Waals surface area contributed by atoms with Gasteiger partial charge in [-0.1, -0.05) is 44.9 Å². The van der Waals surface area contributed by atoms with Gasteiger partial charge in [-0.05, 0) is 143 Å². The highest BCUT2D eigenvalue weighted by Gasteiger charge is 2.42. The van der Waals surface area contributed by atoms with Crippen molar-refractivity contribution in [3.8, 4) is 18.1 Å². The van der Waals surface area contributed by atoms with Crippen LogP contribution in [0.15, 0.2) is 47.8 Å². The summed E-state index contributed by atoms with van der Waals surface area (Å²) in [5.74, 6) is 6.01. The van der Waals surface area contributed by atoms with Crippen LogP contribution in [-0.4, -0.2) is 58.5 Å². The molecule has 2 aliphatic carbocycles. The zero-order valence-corrected chi connectivity index (χ0v) is 30.7. The highest BCUT2D eigenvalue weighted by Crippen LogP contribution is 2.48. The van der Waals surface area contributed by atoms with Crippen molar-refractivity contribution >= 4 is 22.9 Å². The molecule has 4 aliphatic rings. The van der Waals surface area contributed by atoms with Gasteiger partial charge < -0.3 is 19.9 Å². The number of hydrogen-bond donors (Lipinski definition) is 1. The molecule has 1 saturated heterocycles. The number of rotatable bonds is 10. The lowest BCUT2D eigenvalue weighted by molar-refractivity contribution is 0.0561. The number of aromatic nitrogens is 1. The van der Waals surface area contributed by atoms with E-state index in [9.17, 15) is 4.79 Å². The minimum atomic E-state index is -0.232. The molecule has 1 amide bonds. The molecule has 6 nitrogen and oxygen atoms in total. The highest BCUT2D eigenvalue weighted by molar-refractivity contribution is 7.10. The Hall–Kier alpha value is -3.34. The Morgan fingerprint density at radius 1 is 1.12 bits per heavy atom. The third-order valence-electron chi connectivity index (χ3n) is 11.9. The van der Waals surface area contributed by atoms with Gasteiger partial charge >= 0.3 is 0 Å². The van der Waals surface area contributed by atoms with Crippen molar-refractivity contribution in [2.75, 3.05) is 25.5 Å². The number of likely N-dealkylation sites (N-methyl/N-ethyl adjacent to an activating group) is 1. The number of thiazole rings is 1. The average Bonchev–Trinajstić information content (AvgIpc) is 3.73. The fourth-order valence-electron chi connectivity index (χ4n) is 9.87. The summed E-state index contributed by atoms with van der Waals surface area (Å²) in [4.78, 5) is 23.6. The Bertz CT molecular complexity index is 1640. The molecule has 260 valence electrons. The SMILES string of the molecule is C#Cc1nc(C(=O)N2C(CCCC)Cc3cc(OCC4CCCN4C)ccc3C2c2ccc(NC3(C)CC4CC(C)CC(C4)C3)cc2)cs1. The van der Waals surface area contributed by atoms with E-state index < -0.39 is 0 Å². The van der Waals surface area contributed by atoms with Gasteiger partial charge in [0.2, 0.25) is 0 Å². The summed E-state index contributed by atoms with van der Waals surface area (Å²) in [7, 11) is 2.19. The first kappa shape index (κ1) is 34.1. The molecule has 2 bridgehead atoms. The summed E-state index contributed by atoms with van der Waals surface area (Å²) < 4.78 is 6.42. The molecule has 0 radical (unpaired) electrons. The number of nitrogens with one attached hydrogen (secondary N) is 1. The van der Waals surface area contributed by atoms with E-state index in [1.807, 2.05) is 5.38 Å². The predicted molar refractivity (Wildman–Crippen MR) is 200 cm³/mol. The van der Waals surface area contributed by atoms with Crippen LogP contribution in [0.3, 0.4) is 0 Å². The second kappa shape index (κ2) is 14.5. The number of amides is 1. The molecule has 7 rings (SSSR count). The molecule has 3 fully saturated rings. The molecule has 2 aliphatic heterocycles. The van der Waals surface area contributed by atoms with E-state index in [2.05, 4.69) is 96.3 Å². The number of unbranched alkanes of at least 4 members (excludes halogenated alkanes) is 1. The maximum absolute atomic E-state index is 14.5. The van der Waals surface area contributed by atoms with E-state index in [0.717, 1.165) is 67.0 Å². The number of benzene rings is 2. The van der Waals surface area contributed by atoms with E-state index in [-0.39, 0.29) is 23.5 Å². The van der Waals surface area contributed by atoms with Crippen LogP contribution < -0.4 is 10.1 Å². The minimum absolute atomic E-state index is 0.0397. The Morgan fingerprint density at radius 2 is 1.90 bits per heavy atom. The normalized spacial score (nSPS) is 29.7. The quantitative estimate of drug-likeness (QED) is 0.217. The van der Waals surface area contributed by atoms with E-state index in [1.165, 1.54) is 67.4 Å². The smallest absolute Gasteiger partial charge is 0.274 e. The third kappa shape index (κ3) is 7.42. The number of anilines is 1. The summed E-state index contributed by atoms with van der Waals surface area (Å²) in [5.41, 5.74) is 5.28. The lowest BCUT2D eigenvalue weighted by atomic mass is 9.62. The van der Waals surface area contributed by atoms with Crippen molar-refractivity contribution in [1.82, 2.24) is 14.8 Å². The second-order valence-corrected chi connectivity index (χ2v) is 16.9. The molecule has 49 heavy (non-hydrogen) atoms. The number of ether oxygens (including phenoxy) is 1. The van der Waals surface area contributed by atoms with Crippen molar-refractivity contribution in [1.29, 1.82) is 0 Å². The molecule has 2 aromatic carbocycles. The van der Waals surface area contributed by atoms with Gasteiger partial charge in [0.15, 0.2) is 5.01 Å². The summed E-state index contributed by atoms with van der Waals surface area (Å²) in [6.07, 6.45) is 18.5. The van der Waals surface area contributed by atoms with Crippen molar-refractivity contribution < 1.29 is 9.53 Å². The number of hydrogen-bond acceptors (Lipinski definition) is 6. The minimum Gasteiger partial charge on any atom is -0.492 e. The van der Waals surface area contributed by atoms with Crippen molar-refractivity contribution in [2.24, 2.45) is 17.8 Å². The number of terminal acetylenes is 1. The van der Waals surface area contributed by atoms with Gasteiger partial charge in [-0.15, -0.1) is 17.8 Å². The van der Waals surface area contributed by atoms with Gasteiger partial charge in [0, 0.05) is 28.7 Å². The van der Waals surface area contributed by atoms with Gasteiger partial charge in [0.05, 0.1) is 6.04 Å². The van der Waals surface area contributed by atoms with Gasteiger partial charge in [-0.3, -0.25) is 4.79 Å². The molecule has 1 aromatic heterocycles. The number of fused-ring (bicyclic) bond motifs is 3. The number of carbonyl (C=O) groups excluding carboxylic acids is 1. The van der Waals surface area contributed by atoms with E-state index >= 15 is 0 Å².